The van der Waals surface area contributed by atoms with Crippen molar-refractivity contribution in [1.29, 1.82) is 0 Å². The maximum Gasteiger partial charge on any atom is 0.347 e. The first-order valence-corrected chi connectivity index (χ1v) is 6.19. The first kappa shape index (κ1) is 11.0. The Morgan fingerprint density at radius 1 is 1.28 bits per heavy atom. The molecule has 0 aliphatic heterocycles. The second-order valence-corrected chi connectivity index (χ2v) is 4.59. The number of thiophene rings is 1. The molecule has 1 aromatic carbocycles. The second kappa shape index (κ2) is 4.27. The minimum Gasteiger partial charge on any atom is -0.494 e. The topological polar surface area (TPSA) is 52.3 Å². The van der Waals surface area contributed by atoms with Gasteiger partial charge in [-0.3, -0.25) is 0 Å². The molecule has 3 aromatic rings. The molecule has 0 saturated heterocycles. The summed E-state index contributed by atoms with van der Waals surface area (Å²) < 4.78 is 10.4. The van der Waals surface area contributed by atoms with Crippen LogP contribution in [0.3, 0.4) is 0 Å². The molecule has 18 heavy (non-hydrogen) atoms. The molecule has 5 heteroatoms. The average Bonchev–Trinajstić information content (AvgIpc) is 2.92. The molecule has 0 radical (unpaired) electrons. The monoisotopic (exact) mass is 259 g/mol. The van der Waals surface area contributed by atoms with Gasteiger partial charge in [-0.25, -0.2) is 9.78 Å². The highest BCUT2D eigenvalue weighted by Crippen LogP contribution is 2.26. The summed E-state index contributed by atoms with van der Waals surface area (Å²) in [5.74, 6) is 0.894. The van der Waals surface area contributed by atoms with Crippen LogP contribution in [0.4, 0.5) is 0 Å². The predicted molar refractivity (Wildman–Crippen MR) is 70.1 cm³/mol. The van der Waals surface area contributed by atoms with Gasteiger partial charge in [-0.05, 0) is 23.6 Å². The number of methoxy groups -OCH3 is 1. The maximum absolute atomic E-state index is 11.9. The fraction of sp³-hybridized carbons (Fsp3) is 0.0769. The minimum atomic E-state index is -0.401. The molecule has 4 nitrogen and oxygen atoms in total. The van der Waals surface area contributed by atoms with Crippen LogP contribution in [0.15, 0.2) is 44.9 Å². The molecule has 0 amide bonds. The smallest absolute Gasteiger partial charge is 0.347 e. The summed E-state index contributed by atoms with van der Waals surface area (Å²) in [4.78, 5) is 17.1. The van der Waals surface area contributed by atoms with Crippen molar-refractivity contribution >= 4 is 22.2 Å². The van der Waals surface area contributed by atoms with Gasteiger partial charge in [0.15, 0.2) is 0 Å². The van der Waals surface area contributed by atoms with Gasteiger partial charge in [0, 0.05) is 0 Å². The molecular weight excluding hydrogens is 250 g/mol. The Hall–Kier alpha value is -2.14. The zero-order valence-corrected chi connectivity index (χ0v) is 10.4. The standard InChI is InChI=1S/C13H9NO3S/c1-16-9-5-2-4-8-11(9)14-12(17-13(8)15)10-6-3-7-18-10/h2-7H,1H3. The highest BCUT2D eigenvalue weighted by atomic mass is 32.1. The molecule has 0 aliphatic rings. The molecule has 0 saturated carbocycles. The van der Waals surface area contributed by atoms with Crippen LogP contribution in [0.2, 0.25) is 0 Å². The van der Waals surface area contributed by atoms with Gasteiger partial charge < -0.3 is 9.15 Å². The van der Waals surface area contributed by atoms with Crippen LogP contribution in [0.1, 0.15) is 0 Å². The second-order valence-electron chi connectivity index (χ2n) is 3.64. The third-order valence-corrected chi connectivity index (χ3v) is 3.43. The number of hydrogen-bond acceptors (Lipinski definition) is 5. The van der Waals surface area contributed by atoms with Crippen LogP contribution in [-0.2, 0) is 0 Å². The van der Waals surface area contributed by atoms with Crippen molar-refractivity contribution in [3.8, 4) is 16.5 Å². The molecule has 90 valence electrons. The lowest BCUT2D eigenvalue weighted by Crippen LogP contribution is -2.03. The number of nitrogens with zero attached hydrogens (tertiary/aromatic N) is 1. The largest absolute Gasteiger partial charge is 0.494 e. The van der Waals surface area contributed by atoms with Crippen molar-refractivity contribution in [3.63, 3.8) is 0 Å². The van der Waals surface area contributed by atoms with E-state index in [-0.39, 0.29) is 0 Å². The van der Waals surface area contributed by atoms with Crippen LogP contribution in [-0.4, -0.2) is 12.1 Å². The van der Waals surface area contributed by atoms with E-state index in [9.17, 15) is 4.79 Å². The first-order chi connectivity index (χ1) is 8.79. The number of ether oxygens (including phenoxy) is 1. The lowest BCUT2D eigenvalue weighted by atomic mass is 10.2. The zero-order valence-electron chi connectivity index (χ0n) is 9.54. The van der Waals surface area contributed by atoms with Crippen LogP contribution in [0.5, 0.6) is 5.75 Å². The number of rotatable bonds is 2. The molecule has 0 N–H and O–H groups in total. The van der Waals surface area contributed by atoms with E-state index < -0.39 is 5.63 Å². The normalized spacial score (nSPS) is 10.7. The molecule has 0 bridgehead atoms. The van der Waals surface area contributed by atoms with Crippen LogP contribution in [0, 0.1) is 0 Å². The van der Waals surface area contributed by atoms with Crippen LogP contribution in [0.25, 0.3) is 21.7 Å². The highest BCUT2D eigenvalue weighted by Gasteiger charge is 2.12. The van der Waals surface area contributed by atoms with Gasteiger partial charge in [-0.15, -0.1) is 11.3 Å². The van der Waals surface area contributed by atoms with Gasteiger partial charge in [0.25, 0.3) is 0 Å². The molecule has 0 fully saturated rings. The van der Waals surface area contributed by atoms with E-state index in [1.165, 1.54) is 11.3 Å². The van der Waals surface area contributed by atoms with E-state index in [4.69, 9.17) is 9.15 Å². The summed E-state index contributed by atoms with van der Waals surface area (Å²) in [6.07, 6.45) is 0. The van der Waals surface area contributed by atoms with Gasteiger partial charge in [0.1, 0.15) is 11.3 Å². The van der Waals surface area contributed by atoms with E-state index in [0.717, 1.165) is 4.88 Å². The van der Waals surface area contributed by atoms with E-state index in [1.54, 1.807) is 25.3 Å². The van der Waals surface area contributed by atoms with Crippen molar-refractivity contribution in [3.05, 3.63) is 46.1 Å². The summed E-state index contributed by atoms with van der Waals surface area (Å²) in [6, 6.07) is 8.93. The third-order valence-electron chi connectivity index (χ3n) is 2.57. The molecular formula is C13H9NO3S. The predicted octanol–water partition coefficient (Wildman–Crippen LogP) is 2.93. The number of fused-ring (bicyclic) bond motifs is 1. The molecule has 0 atom stereocenters. The summed E-state index contributed by atoms with van der Waals surface area (Å²) in [6.45, 7) is 0. The van der Waals surface area contributed by atoms with E-state index >= 15 is 0 Å². The van der Waals surface area contributed by atoms with Crippen molar-refractivity contribution < 1.29 is 9.15 Å². The lowest BCUT2D eigenvalue weighted by Gasteiger charge is -2.04. The summed E-state index contributed by atoms with van der Waals surface area (Å²) in [5, 5.41) is 2.33. The van der Waals surface area contributed by atoms with E-state index in [2.05, 4.69) is 4.98 Å². The summed E-state index contributed by atoms with van der Waals surface area (Å²) in [5.41, 5.74) is 0.127. The summed E-state index contributed by atoms with van der Waals surface area (Å²) >= 11 is 1.47. The van der Waals surface area contributed by atoms with Crippen LogP contribution < -0.4 is 10.4 Å². The molecule has 3 rings (SSSR count). The molecule has 0 spiro atoms. The van der Waals surface area contributed by atoms with Crippen LogP contribution >= 0.6 is 11.3 Å². The quantitative estimate of drug-likeness (QED) is 0.710. The van der Waals surface area contributed by atoms with Gasteiger partial charge in [-0.1, -0.05) is 12.1 Å². The number of benzene rings is 1. The summed E-state index contributed by atoms with van der Waals surface area (Å²) in [7, 11) is 1.55. The fourth-order valence-corrected chi connectivity index (χ4v) is 2.39. The van der Waals surface area contributed by atoms with Crippen molar-refractivity contribution in [2.24, 2.45) is 0 Å². The zero-order chi connectivity index (χ0) is 12.5. The number of aromatic nitrogens is 1. The highest BCUT2D eigenvalue weighted by molar-refractivity contribution is 7.13. The van der Waals surface area contributed by atoms with Crippen molar-refractivity contribution in [2.45, 2.75) is 0 Å². The van der Waals surface area contributed by atoms with Gasteiger partial charge in [0.05, 0.1) is 17.4 Å². The van der Waals surface area contributed by atoms with Gasteiger partial charge >= 0.3 is 5.63 Å². The molecule has 0 unspecified atom stereocenters. The van der Waals surface area contributed by atoms with E-state index in [1.807, 2.05) is 17.5 Å². The Morgan fingerprint density at radius 3 is 2.89 bits per heavy atom. The maximum atomic E-state index is 11.9. The Morgan fingerprint density at radius 2 is 2.17 bits per heavy atom. The fourth-order valence-electron chi connectivity index (χ4n) is 1.74. The Kier molecular flexibility index (Phi) is 2.60. The first-order valence-electron chi connectivity index (χ1n) is 5.31. The van der Waals surface area contributed by atoms with Crippen molar-refractivity contribution in [1.82, 2.24) is 4.98 Å². The Bertz CT molecular complexity index is 747. The molecule has 2 heterocycles. The van der Waals surface area contributed by atoms with Gasteiger partial charge in [0.2, 0.25) is 5.89 Å². The minimum absolute atomic E-state index is 0.326. The molecule has 0 aliphatic carbocycles. The number of hydrogen-bond donors (Lipinski definition) is 0. The Labute approximate surface area is 106 Å². The van der Waals surface area contributed by atoms with Gasteiger partial charge in [-0.2, -0.15) is 0 Å². The Balaban J connectivity index is 2.35. The molecule has 2 aromatic heterocycles. The average molecular weight is 259 g/mol. The van der Waals surface area contributed by atoms with E-state index in [0.29, 0.717) is 22.5 Å². The third kappa shape index (κ3) is 1.69. The van der Waals surface area contributed by atoms with Crippen molar-refractivity contribution in [2.75, 3.05) is 7.11 Å². The number of para-hydroxylation sites is 1. The lowest BCUT2D eigenvalue weighted by molar-refractivity contribution is 0.417. The SMILES string of the molecule is COc1cccc2c(=O)oc(-c3cccs3)nc12.